The van der Waals surface area contributed by atoms with Crippen LogP contribution < -0.4 is 10.6 Å². The molecule has 0 bridgehead atoms. The van der Waals surface area contributed by atoms with E-state index in [0.717, 1.165) is 31.6 Å². The number of para-hydroxylation sites is 1. The van der Waals surface area contributed by atoms with Crippen molar-refractivity contribution in [2.75, 3.05) is 31.6 Å². The lowest BCUT2D eigenvalue weighted by Gasteiger charge is -2.30. The summed E-state index contributed by atoms with van der Waals surface area (Å²) < 4.78 is 0. The maximum Gasteiger partial charge on any atom is 0.240 e. The molecule has 4 nitrogen and oxygen atoms in total. The Morgan fingerprint density at radius 1 is 1.33 bits per heavy atom. The van der Waals surface area contributed by atoms with E-state index in [1.165, 1.54) is 0 Å². The Bertz CT molecular complexity index is 385. The number of benzene rings is 1. The lowest BCUT2D eigenvalue weighted by molar-refractivity contribution is -0.119. The van der Waals surface area contributed by atoms with Gasteiger partial charge in [-0.15, -0.1) is 0 Å². The van der Waals surface area contributed by atoms with Crippen LogP contribution in [0.5, 0.6) is 0 Å². The summed E-state index contributed by atoms with van der Waals surface area (Å²) in [7, 11) is 1.83. The van der Waals surface area contributed by atoms with E-state index in [4.69, 9.17) is 5.73 Å². The number of likely N-dealkylation sites (tertiary alicyclic amines) is 1. The highest BCUT2D eigenvalue weighted by Gasteiger charge is 2.20. The summed E-state index contributed by atoms with van der Waals surface area (Å²) in [6.45, 7) is 2.34. The van der Waals surface area contributed by atoms with Gasteiger partial charge in [0.15, 0.2) is 0 Å². The molecule has 2 rings (SSSR count). The molecule has 1 heterocycles. The summed E-state index contributed by atoms with van der Waals surface area (Å²) in [6, 6.07) is 10.0. The van der Waals surface area contributed by atoms with E-state index in [1.54, 1.807) is 4.90 Å². The van der Waals surface area contributed by atoms with Crippen LogP contribution in [0.4, 0.5) is 5.69 Å². The minimum atomic E-state index is 0.136. The third kappa shape index (κ3) is 3.31. The average Bonchev–Trinajstić information content (AvgIpc) is 2.41. The Kier molecular flexibility index (Phi) is 4.33. The molecule has 1 aliphatic rings. The van der Waals surface area contributed by atoms with E-state index in [0.29, 0.717) is 12.6 Å². The van der Waals surface area contributed by atoms with Gasteiger partial charge in [-0.1, -0.05) is 18.2 Å². The first kappa shape index (κ1) is 13.1. The van der Waals surface area contributed by atoms with Crippen LogP contribution in [-0.2, 0) is 4.79 Å². The number of rotatable bonds is 3. The Labute approximate surface area is 108 Å². The largest absolute Gasteiger partial charge is 0.328 e. The molecule has 1 fully saturated rings. The van der Waals surface area contributed by atoms with Crippen molar-refractivity contribution in [1.29, 1.82) is 0 Å². The molecule has 0 radical (unpaired) electrons. The van der Waals surface area contributed by atoms with Crippen molar-refractivity contribution in [3.63, 3.8) is 0 Å². The summed E-state index contributed by atoms with van der Waals surface area (Å²) in [5.74, 6) is 0.136. The maximum absolute atomic E-state index is 12.1. The van der Waals surface area contributed by atoms with E-state index in [1.807, 2.05) is 37.4 Å². The van der Waals surface area contributed by atoms with Gasteiger partial charge in [0.25, 0.3) is 0 Å². The molecule has 1 amide bonds. The maximum atomic E-state index is 12.1. The van der Waals surface area contributed by atoms with Gasteiger partial charge >= 0.3 is 0 Å². The van der Waals surface area contributed by atoms with Gasteiger partial charge in [-0.05, 0) is 25.0 Å². The molecule has 1 aliphatic heterocycles. The Morgan fingerprint density at radius 2 is 1.94 bits per heavy atom. The molecule has 1 saturated heterocycles. The molecule has 1 aromatic rings. The van der Waals surface area contributed by atoms with E-state index in [-0.39, 0.29) is 5.91 Å². The summed E-state index contributed by atoms with van der Waals surface area (Å²) in [4.78, 5) is 16.0. The number of piperidine rings is 1. The number of nitrogens with two attached hydrogens (primary N) is 1. The van der Waals surface area contributed by atoms with Crippen LogP contribution >= 0.6 is 0 Å². The first-order valence-corrected chi connectivity index (χ1v) is 6.46. The quantitative estimate of drug-likeness (QED) is 0.869. The van der Waals surface area contributed by atoms with Crippen molar-refractivity contribution in [3.8, 4) is 0 Å². The predicted octanol–water partition coefficient (Wildman–Crippen LogP) is 1.07. The van der Waals surface area contributed by atoms with Crippen LogP contribution in [0.2, 0.25) is 0 Å². The van der Waals surface area contributed by atoms with Crippen molar-refractivity contribution in [3.05, 3.63) is 30.3 Å². The topological polar surface area (TPSA) is 49.6 Å². The van der Waals surface area contributed by atoms with Gasteiger partial charge in [0.2, 0.25) is 5.91 Å². The summed E-state index contributed by atoms with van der Waals surface area (Å²) in [5, 5.41) is 0. The smallest absolute Gasteiger partial charge is 0.240 e. The molecular weight excluding hydrogens is 226 g/mol. The lowest BCUT2D eigenvalue weighted by atomic mass is 10.1. The van der Waals surface area contributed by atoms with E-state index in [9.17, 15) is 4.79 Å². The minimum Gasteiger partial charge on any atom is -0.328 e. The normalized spacial score (nSPS) is 17.7. The zero-order valence-electron chi connectivity index (χ0n) is 10.9. The van der Waals surface area contributed by atoms with Crippen LogP contribution in [-0.4, -0.2) is 43.5 Å². The number of likely N-dealkylation sites (N-methyl/N-ethyl adjacent to an activating group) is 1. The predicted molar refractivity (Wildman–Crippen MR) is 73.5 cm³/mol. The van der Waals surface area contributed by atoms with E-state index >= 15 is 0 Å². The van der Waals surface area contributed by atoms with E-state index < -0.39 is 0 Å². The van der Waals surface area contributed by atoms with Crippen LogP contribution in [0.25, 0.3) is 0 Å². The number of hydrogen-bond donors (Lipinski definition) is 1. The van der Waals surface area contributed by atoms with Gasteiger partial charge in [0.05, 0.1) is 6.54 Å². The van der Waals surface area contributed by atoms with Gasteiger partial charge in [0.1, 0.15) is 0 Å². The number of anilines is 1. The standard InChI is InChI=1S/C14H21N3O/c1-16(13-5-3-2-4-6-13)14(18)11-17-9-7-12(15)8-10-17/h2-6,12H,7-11,15H2,1H3. The van der Waals surface area contributed by atoms with Crippen molar-refractivity contribution in [1.82, 2.24) is 4.90 Å². The second kappa shape index (κ2) is 5.98. The van der Waals surface area contributed by atoms with Gasteiger partial charge in [-0.25, -0.2) is 0 Å². The molecule has 2 N–H and O–H groups in total. The third-order valence-electron chi connectivity index (χ3n) is 3.51. The molecular formula is C14H21N3O. The molecule has 98 valence electrons. The molecule has 0 aliphatic carbocycles. The summed E-state index contributed by atoms with van der Waals surface area (Å²) in [5.41, 5.74) is 6.80. The van der Waals surface area contributed by atoms with Gasteiger partial charge < -0.3 is 10.6 Å². The molecule has 4 heteroatoms. The summed E-state index contributed by atoms with van der Waals surface area (Å²) >= 11 is 0. The van der Waals surface area contributed by atoms with Crippen LogP contribution in [0.3, 0.4) is 0 Å². The Hall–Kier alpha value is -1.39. The Balaban J connectivity index is 1.88. The molecule has 0 atom stereocenters. The first-order chi connectivity index (χ1) is 8.66. The molecule has 18 heavy (non-hydrogen) atoms. The zero-order valence-corrected chi connectivity index (χ0v) is 10.9. The fourth-order valence-electron chi connectivity index (χ4n) is 2.20. The van der Waals surface area contributed by atoms with Crippen LogP contribution in [0.1, 0.15) is 12.8 Å². The fraction of sp³-hybridized carbons (Fsp3) is 0.500. The molecule has 0 aromatic heterocycles. The van der Waals surface area contributed by atoms with Crippen molar-refractivity contribution in [2.45, 2.75) is 18.9 Å². The Morgan fingerprint density at radius 3 is 2.56 bits per heavy atom. The first-order valence-electron chi connectivity index (χ1n) is 6.46. The molecule has 0 saturated carbocycles. The highest BCUT2D eigenvalue weighted by atomic mass is 16.2. The van der Waals surface area contributed by atoms with Crippen molar-refractivity contribution >= 4 is 11.6 Å². The number of carbonyl (C=O) groups excluding carboxylic acids is 1. The van der Waals surface area contributed by atoms with Gasteiger partial charge in [0, 0.05) is 31.9 Å². The second-order valence-corrected chi connectivity index (χ2v) is 4.90. The average molecular weight is 247 g/mol. The number of hydrogen-bond acceptors (Lipinski definition) is 3. The highest BCUT2D eigenvalue weighted by molar-refractivity contribution is 5.94. The number of nitrogens with zero attached hydrogens (tertiary/aromatic N) is 2. The molecule has 1 aromatic carbocycles. The van der Waals surface area contributed by atoms with Gasteiger partial charge in [-0.3, -0.25) is 9.69 Å². The third-order valence-corrected chi connectivity index (χ3v) is 3.51. The summed E-state index contributed by atoms with van der Waals surface area (Å²) in [6.07, 6.45) is 1.98. The SMILES string of the molecule is CN(C(=O)CN1CCC(N)CC1)c1ccccc1. The fourth-order valence-corrected chi connectivity index (χ4v) is 2.20. The van der Waals surface area contributed by atoms with E-state index in [2.05, 4.69) is 4.90 Å². The van der Waals surface area contributed by atoms with Crippen molar-refractivity contribution < 1.29 is 4.79 Å². The minimum absolute atomic E-state index is 0.136. The van der Waals surface area contributed by atoms with Crippen molar-refractivity contribution in [2.24, 2.45) is 5.73 Å². The second-order valence-electron chi connectivity index (χ2n) is 4.90. The van der Waals surface area contributed by atoms with Gasteiger partial charge in [-0.2, -0.15) is 0 Å². The molecule has 0 spiro atoms. The van der Waals surface area contributed by atoms with Crippen LogP contribution in [0.15, 0.2) is 30.3 Å². The van der Waals surface area contributed by atoms with Crippen LogP contribution in [0, 0.1) is 0 Å². The number of amides is 1. The lowest BCUT2D eigenvalue weighted by Crippen LogP contribution is -2.45. The monoisotopic (exact) mass is 247 g/mol. The molecule has 0 unspecified atom stereocenters. The highest BCUT2D eigenvalue weighted by Crippen LogP contribution is 2.13. The zero-order chi connectivity index (χ0) is 13.0. The number of carbonyl (C=O) groups is 1.